The summed E-state index contributed by atoms with van der Waals surface area (Å²) in [6.45, 7) is 7.69. The van der Waals surface area contributed by atoms with Crippen molar-refractivity contribution in [2.45, 2.75) is 52.0 Å². The largest absolute Gasteiger partial charge is 0.481 e. The summed E-state index contributed by atoms with van der Waals surface area (Å²) in [7, 11) is 0. The summed E-state index contributed by atoms with van der Waals surface area (Å²) in [5.74, 6) is -0.638. The molecule has 2 aliphatic rings. The molecule has 2 atom stereocenters. The molecule has 0 aromatic carbocycles. The van der Waals surface area contributed by atoms with E-state index in [0.29, 0.717) is 19.5 Å². The third-order valence-corrected chi connectivity index (χ3v) is 5.38. The van der Waals surface area contributed by atoms with Crippen LogP contribution in [0.1, 0.15) is 46.5 Å². The predicted octanol–water partition coefficient (Wildman–Crippen LogP) is 1.48. The first-order chi connectivity index (χ1) is 9.38. The minimum Gasteiger partial charge on any atom is -0.481 e. The Kier molecular flexibility index (Phi) is 4.09. The molecule has 2 unspecified atom stereocenters. The molecule has 0 aromatic heterocycles. The summed E-state index contributed by atoms with van der Waals surface area (Å²) in [5, 5.41) is 12.9. The van der Waals surface area contributed by atoms with Crippen LogP contribution in [0.5, 0.6) is 0 Å². The van der Waals surface area contributed by atoms with E-state index in [1.54, 1.807) is 4.90 Å². The van der Waals surface area contributed by atoms with E-state index in [4.69, 9.17) is 0 Å². The van der Waals surface area contributed by atoms with Crippen LogP contribution in [0.3, 0.4) is 0 Å². The van der Waals surface area contributed by atoms with E-state index >= 15 is 0 Å². The Bertz CT molecular complexity index is 402. The van der Waals surface area contributed by atoms with E-state index in [1.807, 2.05) is 20.8 Å². The fourth-order valence-electron chi connectivity index (χ4n) is 3.64. The quantitative estimate of drug-likeness (QED) is 0.819. The van der Waals surface area contributed by atoms with E-state index in [-0.39, 0.29) is 11.8 Å². The van der Waals surface area contributed by atoms with Crippen LogP contribution in [0.25, 0.3) is 0 Å². The summed E-state index contributed by atoms with van der Waals surface area (Å²) in [4.78, 5) is 26.2. The second-order valence-electron chi connectivity index (χ2n) is 6.56. The standard InChI is InChI=1S/C15H26N2O3/c1-4-15(6-5-8-16-15)12(18)17-9-7-14(10-17,11(2)3)13(19)20/h11,16H,4-10H2,1-3H3,(H,19,20). The number of carboxylic acid groups (broad SMARTS) is 1. The molecule has 2 aliphatic heterocycles. The topological polar surface area (TPSA) is 69.6 Å². The Morgan fingerprint density at radius 2 is 2.05 bits per heavy atom. The fourth-order valence-corrected chi connectivity index (χ4v) is 3.64. The zero-order valence-electron chi connectivity index (χ0n) is 12.7. The predicted molar refractivity (Wildman–Crippen MR) is 76.4 cm³/mol. The van der Waals surface area contributed by atoms with Crippen molar-refractivity contribution in [3.63, 3.8) is 0 Å². The van der Waals surface area contributed by atoms with Crippen LogP contribution in [0.4, 0.5) is 0 Å². The molecule has 2 saturated heterocycles. The highest BCUT2D eigenvalue weighted by Crippen LogP contribution is 2.39. The van der Waals surface area contributed by atoms with Crippen LogP contribution in [0.15, 0.2) is 0 Å². The molecule has 0 saturated carbocycles. The minimum atomic E-state index is -0.775. The molecule has 20 heavy (non-hydrogen) atoms. The van der Waals surface area contributed by atoms with Gasteiger partial charge in [0.15, 0.2) is 0 Å². The number of carboxylic acids is 1. The van der Waals surface area contributed by atoms with Crippen molar-refractivity contribution in [3.05, 3.63) is 0 Å². The molecular weight excluding hydrogens is 256 g/mol. The van der Waals surface area contributed by atoms with Crippen molar-refractivity contribution in [1.82, 2.24) is 10.2 Å². The highest BCUT2D eigenvalue weighted by atomic mass is 16.4. The van der Waals surface area contributed by atoms with E-state index in [0.717, 1.165) is 25.8 Å². The van der Waals surface area contributed by atoms with Gasteiger partial charge in [-0.2, -0.15) is 0 Å². The monoisotopic (exact) mass is 282 g/mol. The SMILES string of the molecule is CCC1(C(=O)N2CCC(C(=O)O)(C(C)C)C2)CCCN1. The highest BCUT2D eigenvalue weighted by Gasteiger charge is 2.51. The Morgan fingerprint density at radius 3 is 2.45 bits per heavy atom. The van der Waals surface area contributed by atoms with Crippen LogP contribution in [0.2, 0.25) is 0 Å². The van der Waals surface area contributed by atoms with Gasteiger partial charge in [0.1, 0.15) is 0 Å². The van der Waals surface area contributed by atoms with Crippen molar-refractivity contribution in [2.24, 2.45) is 11.3 Å². The van der Waals surface area contributed by atoms with Gasteiger partial charge in [-0.1, -0.05) is 20.8 Å². The number of amides is 1. The van der Waals surface area contributed by atoms with E-state index < -0.39 is 16.9 Å². The molecular formula is C15H26N2O3. The van der Waals surface area contributed by atoms with Crippen molar-refractivity contribution < 1.29 is 14.7 Å². The molecule has 5 nitrogen and oxygen atoms in total. The number of aliphatic carboxylic acids is 1. The zero-order chi connectivity index (χ0) is 15.0. The molecule has 0 spiro atoms. The van der Waals surface area contributed by atoms with Crippen molar-refractivity contribution in [2.75, 3.05) is 19.6 Å². The molecule has 1 amide bonds. The van der Waals surface area contributed by atoms with Gasteiger partial charge in [0.25, 0.3) is 0 Å². The lowest BCUT2D eigenvalue weighted by molar-refractivity contribution is -0.151. The highest BCUT2D eigenvalue weighted by molar-refractivity contribution is 5.88. The van der Waals surface area contributed by atoms with E-state index in [2.05, 4.69) is 5.32 Å². The summed E-state index contributed by atoms with van der Waals surface area (Å²) >= 11 is 0. The van der Waals surface area contributed by atoms with Gasteiger partial charge < -0.3 is 15.3 Å². The lowest BCUT2D eigenvalue weighted by atomic mass is 9.76. The Hall–Kier alpha value is -1.10. The Labute approximate surface area is 120 Å². The number of nitrogens with one attached hydrogen (secondary N) is 1. The fraction of sp³-hybridized carbons (Fsp3) is 0.867. The summed E-state index contributed by atoms with van der Waals surface area (Å²) in [6, 6.07) is 0. The van der Waals surface area contributed by atoms with Gasteiger partial charge >= 0.3 is 5.97 Å². The average molecular weight is 282 g/mol. The van der Waals surface area contributed by atoms with Crippen molar-refractivity contribution in [3.8, 4) is 0 Å². The van der Waals surface area contributed by atoms with Crippen LogP contribution < -0.4 is 5.32 Å². The second-order valence-corrected chi connectivity index (χ2v) is 6.56. The number of carbonyl (C=O) groups excluding carboxylic acids is 1. The van der Waals surface area contributed by atoms with Gasteiger partial charge in [0.2, 0.25) is 5.91 Å². The molecule has 2 heterocycles. The lowest BCUT2D eigenvalue weighted by Gasteiger charge is -2.33. The molecule has 114 valence electrons. The van der Waals surface area contributed by atoms with Crippen LogP contribution in [-0.4, -0.2) is 47.1 Å². The third kappa shape index (κ3) is 2.22. The molecule has 2 N–H and O–H groups in total. The molecule has 2 rings (SSSR count). The maximum atomic E-state index is 12.8. The van der Waals surface area contributed by atoms with Crippen LogP contribution in [0, 0.1) is 11.3 Å². The van der Waals surface area contributed by atoms with Gasteiger partial charge in [-0.15, -0.1) is 0 Å². The van der Waals surface area contributed by atoms with Crippen LogP contribution >= 0.6 is 0 Å². The molecule has 0 radical (unpaired) electrons. The van der Waals surface area contributed by atoms with Gasteiger partial charge in [-0.3, -0.25) is 9.59 Å². The van der Waals surface area contributed by atoms with Gasteiger partial charge in [0, 0.05) is 13.1 Å². The summed E-state index contributed by atoms with van der Waals surface area (Å²) < 4.78 is 0. The molecule has 5 heteroatoms. The van der Waals surface area contributed by atoms with E-state index in [9.17, 15) is 14.7 Å². The normalized spacial score (nSPS) is 33.9. The third-order valence-electron chi connectivity index (χ3n) is 5.38. The smallest absolute Gasteiger partial charge is 0.311 e. The summed E-state index contributed by atoms with van der Waals surface area (Å²) in [6.07, 6.45) is 3.21. The maximum absolute atomic E-state index is 12.8. The Balaban J connectivity index is 2.16. The summed E-state index contributed by atoms with van der Waals surface area (Å²) in [5.41, 5.74) is -1.23. The number of rotatable bonds is 4. The number of carbonyl (C=O) groups is 2. The second kappa shape index (κ2) is 5.35. The van der Waals surface area contributed by atoms with Gasteiger partial charge in [-0.05, 0) is 38.1 Å². The molecule has 0 bridgehead atoms. The zero-order valence-corrected chi connectivity index (χ0v) is 12.7. The van der Waals surface area contributed by atoms with E-state index in [1.165, 1.54) is 0 Å². The van der Waals surface area contributed by atoms with Crippen molar-refractivity contribution >= 4 is 11.9 Å². The first kappa shape index (κ1) is 15.3. The lowest BCUT2D eigenvalue weighted by Crippen LogP contribution is -2.54. The van der Waals surface area contributed by atoms with Crippen LogP contribution in [-0.2, 0) is 9.59 Å². The molecule has 0 aliphatic carbocycles. The number of hydrogen-bond donors (Lipinski definition) is 2. The minimum absolute atomic E-state index is 0.0342. The Morgan fingerprint density at radius 1 is 1.35 bits per heavy atom. The molecule has 2 fully saturated rings. The van der Waals surface area contributed by atoms with Crippen molar-refractivity contribution in [1.29, 1.82) is 0 Å². The number of nitrogens with zero attached hydrogens (tertiary/aromatic N) is 1. The number of likely N-dealkylation sites (tertiary alicyclic amines) is 1. The first-order valence-corrected chi connectivity index (χ1v) is 7.66. The first-order valence-electron chi connectivity index (χ1n) is 7.66. The maximum Gasteiger partial charge on any atom is 0.311 e. The average Bonchev–Trinajstić information content (AvgIpc) is 3.06. The molecule has 0 aromatic rings. The van der Waals surface area contributed by atoms with Gasteiger partial charge in [0.05, 0.1) is 11.0 Å². The number of hydrogen-bond acceptors (Lipinski definition) is 3. The van der Waals surface area contributed by atoms with Gasteiger partial charge in [-0.25, -0.2) is 0 Å².